The van der Waals surface area contributed by atoms with E-state index in [2.05, 4.69) is 22.9 Å². The van der Waals surface area contributed by atoms with E-state index in [0.717, 1.165) is 32.1 Å². The van der Waals surface area contributed by atoms with Crippen molar-refractivity contribution in [1.29, 1.82) is 0 Å². The number of phenolic OH excluding ortho intramolecular Hbond substituents is 2. The van der Waals surface area contributed by atoms with Crippen LogP contribution in [0, 0.1) is 11.8 Å². The first-order chi connectivity index (χ1) is 21.5. The zero-order chi connectivity index (χ0) is 32.9. The van der Waals surface area contributed by atoms with Crippen molar-refractivity contribution < 1.29 is 34.1 Å². The number of amides is 3. The zero-order valence-corrected chi connectivity index (χ0v) is 26.9. The molecule has 2 aromatic carbocycles. The van der Waals surface area contributed by atoms with Crippen LogP contribution < -0.4 is 16.0 Å². The SMILES string of the molecule is CCCCCCC(C)[C@@H]1CC(=O)N[C@@H](Cc2ccc(O)cc2)C(=O)N[C@@H](Cc2ccc(O)cc2)C(=O)N[C@H]([C@@H](C)CC)C(=O)O1. The second-order valence-corrected chi connectivity index (χ2v) is 12.3. The molecule has 0 radical (unpaired) electrons. The van der Waals surface area contributed by atoms with Crippen LogP contribution in [0.5, 0.6) is 11.5 Å². The third-order valence-corrected chi connectivity index (χ3v) is 8.60. The van der Waals surface area contributed by atoms with E-state index in [1.165, 1.54) is 24.3 Å². The van der Waals surface area contributed by atoms with Gasteiger partial charge in [0.2, 0.25) is 17.7 Å². The molecule has 1 fully saturated rings. The van der Waals surface area contributed by atoms with Gasteiger partial charge in [0.25, 0.3) is 0 Å². The summed E-state index contributed by atoms with van der Waals surface area (Å²) in [6.07, 6.45) is 4.82. The minimum Gasteiger partial charge on any atom is -0.508 e. The molecule has 1 aliphatic heterocycles. The van der Waals surface area contributed by atoms with E-state index >= 15 is 0 Å². The van der Waals surface area contributed by atoms with Crippen LogP contribution in [0.1, 0.15) is 83.8 Å². The molecule has 0 aliphatic carbocycles. The number of esters is 1. The summed E-state index contributed by atoms with van der Waals surface area (Å²) >= 11 is 0. The summed E-state index contributed by atoms with van der Waals surface area (Å²) in [6, 6.07) is 9.50. The molecule has 1 heterocycles. The number of benzene rings is 2. The number of hydrogen-bond donors (Lipinski definition) is 5. The number of hydrogen-bond acceptors (Lipinski definition) is 7. The van der Waals surface area contributed by atoms with Gasteiger partial charge in [-0.05, 0) is 53.6 Å². The summed E-state index contributed by atoms with van der Waals surface area (Å²) in [5, 5.41) is 28.0. The van der Waals surface area contributed by atoms with Gasteiger partial charge in [0.15, 0.2) is 0 Å². The lowest BCUT2D eigenvalue weighted by Gasteiger charge is -2.29. The van der Waals surface area contributed by atoms with E-state index < -0.39 is 47.9 Å². The summed E-state index contributed by atoms with van der Waals surface area (Å²) in [7, 11) is 0. The second kappa shape index (κ2) is 17.4. The summed E-state index contributed by atoms with van der Waals surface area (Å²) in [6.45, 7) is 7.85. The highest BCUT2D eigenvalue weighted by molar-refractivity contribution is 5.94. The van der Waals surface area contributed by atoms with Gasteiger partial charge in [-0.3, -0.25) is 14.4 Å². The predicted molar refractivity (Wildman–Crippen MR) is 171 cm³/mol. The molecule has 246 valence electrons. The Morgan fingerprint density at radius 3 is 1.80 bits per heavy atom. The summed E-state index contributed by atoms with van der Waals surface area (Å²) < 4.78 is 6.02. The first kappa shape index (κ1) is 35.4. The largest absolute Gasteiger partial charge is 0.508 e. The average molecular weight is 624 g/mol. The monoisotopic (exact) mass is 623 g/mol. The van der Waals surface area contributed by atoms with Crippen molar-refractivity contribution in [1.82, 2.24) is 16.0 Å². The first-order valence-electron chi connectivity index (χ1n) is 16.2. The fourth-order valence-electron chi connectivity index (χ4n) is 5.45. The van der Waals surface area contributed by atoms with Gasteiger partial charge in [-0.15, -0.1) is 0 Å². The minimum absolute atomic E-state index is 0.0626. The van der Waals surface area contributed by atoms with E-state index in [0.29, 0.717) is 17.5 Å². The van der Waals surface area contributed by atoms with Crippen molar-refractivity contribution in [2.24, 2.45) is 11.8 Å². The maximum absolute atomic E-state index is 13.8. The number of cyclic esters (lactones) is 1. The number of unbranched alkanes of at least 4 members (excludes halogenated alkanes) is 3. The molecule has 10 heteroatoms. The fourth-order valence-corrected chi connectivity index (χ4v) is 5.45. The Morgan fingerprint density at radius 2 is 1.27 bits per heavy atom. The Bertz CT molecular complexity index is 1270. The zero-order valence-electron chi connectivity index (χ0n) is 26.9. The van der Waals surface area contributed by atoms with E-state index in [9.17, 15) is 29.4 Å². The molecule has 6 atom stereocenters. The molecule has 0 spiro atoms. The van der Waals surface area contributed by atoms with Crippen molar-refractivity contribution in [2.45, 2.75) is 110 Å². The second-order valence-electron chi connectivity index (χ2n) is 12.3. The van der Waals surface area contributed by atoms with Gasteiger partial charge >= 0.3 is 5.97 Å². The van der Waals surface area contributed by atoms with Crippen molar-refractivity contribution in [3.05, 3.63) is 59.7 Å². The normalized spacial score (nSPS) is 22.8. The highest BCUT2D eigenvalue weighted by atomic mass is 16.5. The summed E-state index contributed by atoms with van der Waals surface area (Å²) in [5.41, 5.74) is 1.37. The van der Waals surface area contributed by atoms with E-state index in [1.807, 2.05) is 20.8 Å². The molecule has 3 rings (SSSR count). The lowest BCUT2D eigenvalue weighted by molar-refractivity contribution is -0.158. The maximum Gasteiger partial charge on any atom is 0.329 e. The number of carbonyl (C=O) groups excluding carboxylic acids is 4. The maximum atomic E-state index is 13.8. The predicted octanol–water partition coefficient (Wildman–Crippen LogP) is 4.31. The van der Waals surface area contributed by atoms with Crippen molar-refractivity contribution in [2.75, 3.05) is 0 Å². The van der Waals surface area contributed by atoms with Crippen LogP contribution in [-0.4, -0.2) is 58.1 Å². The van der Waals surface area contributed by atoms with Gasteiger partial charge < -0.3 is 30.9 Å². The van der Waals surface area contributed by atoms with Gasteiger partial charge in [0.05, 0.1) is 6.42 Å². The molecule has 1 aliphatic rings. The molecule has 10 nitrogen and oxygen atoms in total. The quantitative estimate of drug-likeness (QED) is 0.174. The van der Waals surface area contributed by atoms with Crippen LogP contribution in [0.2, 0.25) is 0 Å². The Labute approximate surface area is 266 Å². The Kier molecular flexibility index (Phi) is 13.7. The molecule has 0 bridgehead atoms. The number of aromatic hydroxyl groups is 2. The third kappa shape index (κ3) is 11.1. The lowest BCUT2D eigenvalue weighted by Crippen LogP contribution is -2.57. The van der Waals surface area contributed by atoms with Crippen LogP contribution in [-0.2, 0) is 36.8 Å². The van der Waals surface area contributed by atoms with E-state index in [-0.39, 0.29) is 42.6 Å². The Hall–Kier alpha value is -4.08. The molecule has 0 aromatic heterocycles. The number of nitrogens with one attached hydrogen (secondary N) is 3. The topological polar surface area (TPSA) is 154 Å². The molecule has 3 amide bonds. The van der Waals surface area contributed by atoms with Gasteiger partial charge in [-0.1, -0.05) is 84.1 Å². The standard InChI is InChI=1S/C35H49N3O7/c1-5-7-8-9-10-23(4)30-21-31(41)36-28(19-24-11-15-26(39)16-12-24)33(42)37-29(20-25-13-17-27(40)18-14-25)34(43)38-32(22(3)6-2)35(44)45-30/h11-18,22-23,28-30,32,39-40H,5-10,19-21H2,1-4H3,(H,36,41)(H,37,42)(H,38,43)/t22-,23?,28-,29-,30-,32+/m0/s1. The Morgan fingerprint density at radius 1 is 0.733 bits per heavy atom. The molecule has 45 heavy (non-hydrogen) atoms. The molecule has 2 aromatic rings. The number of carbonyl (C=O) groups is 4. The van der Waals surface area contributed by atoms with Crippen molar-refractivity contribution >= 4 is 23.7 Å². The summed E-state index contributed by atoms with van der Waals surface area (Å²) in [4.78, 5) is 54.7. The number of rotatable bonds is 12. The highest BCUT2D eigenvalue weighted by Gasteiger charge is 2.36. The minimum atomic E-state index is -1.09. The van der Waals surface area contributed by atoms with Crippen molar-refractivity contribution in [3.8, 4) is 11.5 Å². The fraction of sp³-hybridized carbons (Fsp3) is 0.543. The third-order valence-electron chi connectivity index (χ3n) is 8.60. The molecular weight excluding hydrogens is 574 g/mol. The molecular formula is C35H49N3O7. The van der Waals surface area contributed by atoms with Gasteiger partial charge in [-0.25, -0.2) is 4.79 Å². The summed E-state index contributed by atoms with van der Waals surface area (Å²) in [5.74, 6) is -2.43. The lowest BCUT2D eigenvalue weighted by atomic mass is 9.93. The van der Waals surface area contributed by atoms with E-state index in [4.69, 9.17) is 4.74 Å². The van der Waals surface area contributed by atoms with Crippen molar-refractivity contribution in [3.63, 3.8) is 0 Å². The molecule has 5 N–H and O–H groups in total. The molecule has 1 saturated heterocycles. The smallest absolute Gasteiger partial charge is 0.329 e. The van der Waals surface area contributed by atoms with Crippen LogP contribution >= 0.6 is 0 Å². The molecule has 1 unspecified atom stereocenters. The number of ether oxygens (including phenoxy) is 1. The van der Waals surface area contributed by atoms with Crippen LogP contribution in [0.4, 0.5) is 0 Å². The van der Waals surface area contributed by atoms with Gasteiger partial charge in [0, 0.05) is 12.8 Å². The van der Waals surface area contributed by atoms with Crippen LogP contribution in [0.3, 0.4) is 0 Å². The number of phenols is 2. The molecule has 0 saturated carbocycles. The Balaban J connectivity index is 1.98. The van der Waals surface area contributed by atoms with Crippen LogP contribution in [0.25, 0.3) is 0 Å². The van der Waals surface area contributed by atoms with Gasteiger partial charge in [0.1, 0.15) is 35.7 Å². The van der Waals surface area contributed by atoms with Gasteiger partial charge in [-0.2, -0.15) is 0 Å². The van der Waals surface area contributed by atoms with Crippen LogP contribution in [0.15, 0.2) is 48.5 Å². The average Bonchev–Trinajstić information content (AvgIpc) is 3.02. The first-order valence-corrected chi connectivity index (χ1v) is 16.2. The highest BCUT2D eigenvalue weighted by Crippen LogP contribution is 2.22. The van der Waals surface area contributed by atoms with E-state index in [1.54, 1.807) is 24.3 Å².